The zero-order valence-electron chi connectivity index (χ0n) is 17.7. The van der Waals surface area contributed by atoms with Gasteiger partial charge in [-0.3, -0.25) is 4.79 Å². The van der Waals surface area contributed by atoms with E-state index in [1.807, 2.05) is 0 Å². The van der Waals surface area contributed by atoms with E-state index in [1.54, 1.807) is 23.9 Å². The summed E-state index contributed by atoms with van der Waals surface area (Å²) in [5.41, 5.74) is 5.53. The van der Waals surface area contributed by atoms with Crippen molar-refractivity contribution in [2.45, 2.75) is 21.4 Å². The van der Waals surface area contributed by atoms with E-state index in [0.717, 1.165) is 14.4 Å². The van der Waals surface area contributed by atoms with Crippen molar-refractivity contribution in [2.75, 3.05) is 20.0 Å². The summed E-state index contributed by atoms with van der Waals surface area (Å²) in [5.74, 6) is 1.12. The Morgan fingerprint density at radius 2 is 1.75 bits per heavy atom. The molecule has 0 aliphatic heterocycles. The Hall–Kier alpha value is -2.76. The predicted molar refractivity (Wildman–Crippen MR) is 128 cm³/mol. The molecule has 1 heterocycles. The van der Waals surface area contributed by atoms with Crippen molar-refractivity contribution in [2.24, 2.45) is 5.10 Å². The summed E-state index contributed by atoms with van der Waals surface area (Å²) in [6.45, 7) is 2.06. The maximum atomic E-state index is 12.1. The molecule has 2 N–H and O–H groups in total. The zero-order valence-corrected chi connectivity index (χ0v) is 20.1. The highest BCUT2D eigenvalue weighted by molar-refractivity contribution is 8.03. The molecule has 3 rings (SSSR count). The normalized spacial score (nSPS) is 11.0. The van der Waals surface area contributed by atoms with Crippen LogP contribution in [0.15, 0.2) is 50.2 Å². The van der Waals surface area contributed by atoms with E-state index < -0.39 is 0 Å². The van der Waals surface area contributed by atoms with Gasteiger partial charge in [-0.15, -0.1) is 10.2 Å². The molecule has 1 amide bonds. The fourth-order valence-electron chi connectivity index (χ4n) is 2.47. The van der Waals surface area contributed by atoms with Crippen LogP contribution >= 0.6 is 34.9 Å². The fourth-order valence-corrected chi connectivity index (χ4v) is 5.24. The molecule has 0 unspecified atom stereocenters. The molecule has 8 nitrogen and oxygen atoms in total. The van der Waals surface area contributed by atoms with Gasteiger partial charge in [0.05, 0.1) is 26.2 Å². The number of aromatic nitrogens is 2. The van der Waals surface area contributed by atoms with Gasteiger partial charge in [0, 0.05) is 11.3 Å². The highest BCUT2D eigenvalue weighted by atomic mass is 32.2. The number of phenols is 1. The van der Waals surface area contributed by atoms with Gasteiger partial charge < -0.3 is 14.6 Å². The molecule has 11 heteroatoms. The highest BCUT2D eigenvalue weighted by Gasteiger charge is 2.11. The van der Waals surface area contributed by atoms with Gasteiger partial charge in [-0.05, 0) is 24.6 Å². The Balaban J connectivity index is 1.45. The van der Waals surface area contributed by atoms with Crippen LogP contribution in [0.25, 0.3) is 0 Å². The Bertz CT molecular complexity index is 1060. The number of nitrogens with one attached hydrogen (secondary N) is 1. The minimum Gasteiger partial charge on any atom is -0.502 e. The highest BCUT2D eigenvalue weighted by Crippen LogP contribution is 2.36. The number of rotatable bonds is 10. The number of hydrogen-bond acceptors (Lipinski definition) is 10. The quantitative estimate of drug-likeness (QED) is 0.249. The van der Waals surface area contributed by atoms with E-state index in [-0.39, 0.29) is 28.9 Å². The Kier molecular flexibility index (Phi) is 8.77. The monoisotopic (exact) mass is 490 g/mol. The number of nitrogens with zero attached hydrogens (tertiary/aromatic N) is 3. The molecule has 168 valence electrons. The minimum absolute atomic E-state index is 0.0963. The lowest BCUT2D eigenvalue weighted by Crippen LogP contribution is -2.19. The van der Waals surface area contributed by atoms with Crippen molar-refractivity contribution >= 4 is 47.0 Å². The van der Waals surface area contributed by atoms with E-state index in [4.69, 9.17) is 9.47 Å². The summed E-state index contributed by atoms with van der Waals surface area (Å²) in [4.78, 5) is 12.1. The first-order valence-corrected chi connectivity index (χ1v) is 12.2. The number of ether oxygens (including phenoxy) is 2. The summed E-state index contributed by atoms with van der Waals surface area (Å²) in [6, 6.07) is 11.6. The Morgan fingerprint density at radius 1 is 1.12 bits per heavy atom. The van der Waals surface area contributed by atoms with Crippen molar-refractivity contribution in [3.8, 4) is 17.2 Å². The van der Waals surface area contributed by atoms with Gasteiger partial charge in [0.1, 0.15) is 0 Å². The second-order valence-electron chi connectivity index (χ2n) is 6.46. The third-order valence-corrected chi connectivity index (χ3v) is 7.36. The van der Waals surface area contributed by atoms with Gasteiger partial charge in [-0.1, -0.05) is 64.7 Å². The second-order valence-corrected chi connectivity index (χ2v) is 9.89. The Labute approximate surface area is 198 Å². The summed E-state index contributed by atoms with van der Waals surface area (Å²) in [6.07, 6.45) is 1.44. The lowest BCUT2D eigenvalue weighted by molar-refractivity contribution is -0.118. The van der Waals surface area contributed by atoms with E-state index in [9.17, 15) is 9.90 Å². The maximum absolute atomic E-state index is 12.1. The lowest BCUT2D eigenvalue weighted by Gasteiger charge is -2.09. The summed E-state index contributed by atoms with van der Waals surface area (Å²) >= 11 is 4.39. The summed E-state index contributed by atoms with van der Waals surface area (Å²) in [5, 5.41) is 22.2. The topological polar surface area (TPSA) is 106 Å². The van der Waals surface area contributed by atoms with Crippen LogP contribution in [0.5, 0.6) is 17.2 Å². The van der Waals surface area contributed by atoms with Crippen molar-refractivity contribution in [3.63, 3.8) is 0 Å². The molecular formula is C21H22N4O4S3. The zero-order chi connectivity index (χ0) is 22.9. The lowest BCUT2D eigenvalue weighted by atomic mass is 10.2. The van der Waals surface area contributed by atoms with Crippen LogP contribution in [0.1, 0.15) is 16.7 Å². The third-order valence-electron chi connectivity index (χ3n) is 4.10. The van der Waals surface area contributed by atoms with Gasteiger partial charge in [0.2, 0.25) is 5.75 Å². The van der Waals surface area contributed by atoms with Crippen LogP contribution in [-0.4, -0.2) is 47.4 Å². The number of phenolic OH excluding ortho intramolecular Hbond substituents is 1. The second kappa shape index (κ2) is 11.7. The fraction of sp³-hybridized carbons (Fsp3) is 0.238. The molecule has 32 heavy (non-hydrogen) atoms. The first kappa shape index (κ1) is 23.9. The van der Waals surface area contributed by atoms with E-state index >= 15 is 0 Å². The largest absolute Gasteiger partial charge is 0.502 e. The molecule has 0 bridgehead atoms. The number of thioether (sulfide) groups is 2. The standard InChI is InChI=1S/C21H22N4O4S3/c1-13-4-6-14(7-5-13)11-30-20-24-25-21(32-20)31-12-18(26)23-22-10-15-8-16(28-2)19(27)17(9-15)29-3/h4-10,27H,11-12H2,1-3H3,(H,23,26)/b22-10-. The molecule has 0 fully saturated rings. The third kappa shape index (κ3) is 6.87. The molecule has 1 aromatic heterocycles. The van der Waals surface area contributed by atoms with E-state index in [1.165, 1.54) is 54.7 Å². The molecular weight excluding hydrogens is 468 g/mol. The molecule has 0 atom stereocenters. The number of aryl methyl sites for hydroxylation is 1. The summed E-state index contributed by atoms with van der Waals surface area (Å²) < 4.78 is 11.8. The molecule has 0 aliphatic carbocycles. The SMILES string of the molecule is COc1cc(/C=N\NC(=O)CSc2nnc(SCc3ccc(C)cc3)s2)cc(OC)c1O. The number of benzene rings is 2. The van der Waals surface area contributed by atoms with E-state index in [2.05, 4.69) is 51.9 Å². The van der Waals surface area contributed by atoms with Gasteiger partial charge in [0.15, 0.2) is 20.2 Å². The summed E-state index contributed by atoms with van der Waals surface area (Å²) in [7, 11) is 2.88. The van der Waals surface area contributed by atoms with Crippen molar-refractivity contribution in [1.82, 2.24) is 15.6 Å². The Morgan fingerprint density at radius 3 is 2.38 bits per heavy atom. The first-order chi connectivity index (χ1) is 15.5. The van der Waals surface area contributed by atoms with E-state index in [0.29, 0.717) is 5.56 Å². The number of methoxy groups -OCH3 is 2. The van der Waals surface area contributed by atoms with Crippen LogP contribution in [0.3, 0.4) is 0 Å². The average Bonchev–Trinajstić information content (AvgIpc) is 3.26. The molecule has 2 aromatic carbocycles. The molecule has 0 radical (unpaired) electrons. The smallest absolute Gasteiger partial charge is 0.250 e. The van der Waals surface area contributed by atoms with Crippen LogP contribution in [0.4, 0.5) is 0 Å². The minimum atomic E-state index is -0.270. The van der Waals surface area contributed by atoms with Crippen molar-refractivity contribution in [3.05, 3.63) is 53.1 Å². The molecule has 0 spiro atoms. The number of hydrogen-bond donors (Lipinski definition) is 2. The van der Waals surface area contributed by atoms with Crippen molar-refractivity contribution < 1.29 is 19.4 Å². The van der Waals surface area contributed by atoms with Gasteiger partial charge >= 0.3 is 0 Å². The van der Waals surface area contributed by atoms with Crippen molar-refractivity contribution in [1.29, 1.82) is 0 Å². The molecule has 0 aliphatic rings. The predicted octanol–water partition coefficient (Wildman–Crippen LogP) is 4.10. The molecule has 3 aromatic rings. The van der Waals surface area contributed by atoms with Crippen LogP contribution < -0.4 is 14.9 Å². The maximum Gasteiger partial charge on any atom is 0.250 e. The van der Waals surface area contributed by atoms with Crippen LogP contribution in [-0.2, 0) is 10.5 Å². The van der Waals surface area contributed by atoms with Gasteiger partial charge in [-0.25, -0.2) is 5.43 Å². The van der Waals surface area contributed by atoms with Gasteiger partial charge in [0.25, 0.3) is 5.91 Å². The molecule has 0 saturated carbocycles. The number of carbonyl (C=O) groups excluding carboxylic acids is 1. The first-order valence-electron chi connectivity index (χ1n) is 9.40. The number of hydrazone groups is 1. The van der Waals surface area contributed by atoms with Crippen LogP contribution in [0.2, 0.25) is 0 Å². The average molecular weight is 491 g/mol. The van der Waals surface area contributed by atoms with Crippen LogP contribution in [0, 0.1) is 6.92 Å². The van der Waals surface area contributed by atoms with Gasteiger partial charge in [-0.2, -0.15) is 5.10 Å². The number of amides is 1. The number of aromatic hydroxyl groups is 1. The molecule has 0 saturated heterocycles. The number of carbonyl (C=O) groups is 1.